The predicted molar refractivity (Wildman–Crippen MR) is 93.7 cm³/mol. The maximum absolute atomic E-state index is 11.7. The zero-order chi connectivity index (χ0) is 16.9. The van der Waals surface area contributed by atoms with Gasteiger partial charge in [-0.1, -0.05) is 18.2 Å². The van der Waals surface area contributed by atoms with Crippen LogP contribution in [0.4, 0.5) is 0 Å². The van der Waals surface area contributed by atoms with E-state index in [4.69, 9.17) is 4.74 Å². The molecule has 0 atom stereocenters. The van der Waals surface area contributed by atoms with E-state index in [1.54, 1.807) is 12.4 Å². The number of carbonyl (C=O) groups is 1. The van der Waals surface area contributed by atoms with Crippen LogP contribution >= 0.6 is 0 Å². The van der Waals surface area contributed by atoms with E-state index in [1.807, 2.05) is 38.1 Å². The Morgan fingerprint density at radius 1 is 1.04 bits per heavy atom. The van der Waals surface area contributed by atoms with Crippen molar-refractivity contribution in [2.45, 2.75) is 19.9 Å². The van der Waals surface area contributed by atoms with Crippen molar-refractivity contribution in [1.29, 1.82) is 0 Å². The molecule has 5 heteroatoms. The van der Waals surface area contributed by atoms with Gasteiger partial charge in [-0.15, -0.1) is 0 Å². The molecule has 0 aliphatic carbocycles. The largest absolute Gasteiger partial charge is 0.484 e. The molecule has 1 N–H and O–H groups in total. The highest BCUT2D eigenvalue weighted by molar-refractivity contribution is 5.88. The summed E-state index contributed by atoms with van der Waals surface area (Å²) in [6.07, 6.45) is 3.41. The lowest BCUT2D eigenvalue weighted by Crippen LogP contribution is -2.34. The summed E-state index contributed by atoms with van der Waals surface area (Å²) >= 11 is 0. The number of rotatable bonds is 5. The Balaban J connectivity index is 1.80. The highest BCUT2D eigenvalue weighted by Crippen LogP contribution is 2.26. The van der Waals surface area contributed by atoms with Crippen molar-refractivity contribution < 1.29 is 9.53 Å². The van der Waals surface area contributed by atoms with Gasteiger partial charge < -0.3 is 10.1 Å². The molecule has 24 heavy (non-hydrogen) atoms. The smallest absolute Gasteiger partial charge is 0.258 e. The number of hydrogen-bond acceptors (Lipinski definition) is 4. The van der Waals surface area contributed by atoms with Gasteiger partial charge in [-0.05, 0) is 54.4 Å². The van der Waals surface area contributed by atoms with Crippen LogP contribution in [0.2, 0.25) is 0 Å². The molecule has 1 heterocycles. The number of carbonyl (C=O) groups excluding carboxylic acids is 1. The maximum atomic E-state index is 11.7. The number of ether oxygens (including phenoxy) is 1. The third kappa shape index (κ3) is 3.87. The molecule has 5 nitrogen and oxygen atoms in total. The van der Waals surface area contributed by atoms with E-state index in [1.165, 1.54) is 0 Å². The normalized spacial score (nSPS) is 10.8. The van der Waals surface area contributed by atoms with E-state index in [2.05, 4.69) is 33.7 Å². The second-order valence-corrected chi connectivity index (χ2v) is 5.87. The fraction of sp³-hybridized carbons (Fsp3) is 0.211. The summed E-state index contributed by atoms with van der Waals surface area (Å²) in [6.45, 7) is 3.85. The molecule has 0 spiro atoms. The molecule has 0 aliphatic rings. The van der Waals surface area contributed by atoms with Gasteiger partial charge in [-0.3, -0.25) is 4.79 Å². The SMILES string of the molecule is CC(C)NC(=O)COc1ccc2ccc(-c3ccnnc3)cc2c1. The Kier molecular flexibility index (Phi) is 4.70. The standard InChI is InChI=1S/C19H19N3O2/c1-13(2)22-19(23)12-24-18-6-5-14-3-4-15(9-17(14)10-18)16-7-8-20-21-11-16/h3-11,13H,12H2,1-2H3,(H,22,23). The molecule has 122 valence electrons. The van der Waals surface area contributed by atoms with Gasteiger partial charge in [0, 0.05) is 11.6 Å². The molecule has 3 aromatic rings. The van der Waals surface area contributed by atoms with Crippen LogP contribution in [-0.2, 0) is 4.79 Å². The van der Waals surface area contributed by atoms with Gasteiger partial charge >= 0.3 is 0 Å². The Labute approximate surface area is 140 Å². The summed E-state index contributed by atoms with van der Waals surface area (Å²) in [5.41, 5.74) is 2.07. The van der Waals surface area contributed by atoms with Gasteiger partial charge in [-0.25, -0.2) is 0 Å². The number of fused-ring (bicyclic) bond motifs is 1. The van der Waals surface area contributed by atoms with E-state index in [9.17, 15) is 4.79 Å². The van der Waals surface area contributed by atoms with Crippen LogP contribution in [-0.4, -0.2) is 28.8 Å². The van der Waals surface area contributed by atoms with Gasteiger partial charge in [0.1, 0.15) is 5.75 Å². The second-order valence-electron chi connectivity index (χ2n) is 5.87. The summed E-state index contributed by atoms with van der Waals surface area (Å²) in [6, 6.07) is 14.0. The van der Waals surface area contributed by atoms with Gasteiger partial charge in [0.25, 0.3) is 5.91 Å². The van der Waals surface area contributed by atoms with E-state index in [-0.39, 0.29) is 18.6 Å². The highest BCUT2D eigenvalue weighted by atomic mass is 16.5. The van der Waals surface area contributed by atoms with E-state index in [0.717, 1.165) is 21.9 Å². The van der Waals surface area contributed by atoms with Crippen LogP contribution in [0.5, 0.6) is 5.75 Å². The molecular weight excluding hydrogens is 302 g/mol. The molecule has 3 rings (SSSR count). The first-order valence-corrected chi connectivity index (χ1v) is 7.85. The zero-order valence-corrected chi connectivity index (χ0v) is 13.7. The highest BCUT2D eigenvalue weighted by Gasteiger charge is 2.06. The van der Waals surface area contributed by atoms with E-state index >= 15 is 0 Å². The molecule has 0 radical (unpaired) electrons. The zero-order valence-electron chi connectivity index (χ0n) is 13.7. The van der Waals surface area contributed by atoms with Crippen LogP contribution in [0, 0.1) is 0 Å². The molecule has 0 bridgehead atoms. The molecule has 0 saturated heterocycles. The van der Waals surface area contributed by atoms with Crippen LogP contribution < -0.4 is 10.1 Å². The molecule has 2 aromatic carbocycles. The Morgan fingerprint density at radius 2 is 1.88 bits per heavy atom. The minimum Gasteiger partial charge on any atom is -0.484 e. The first-order chi connectivity index (χ1) is 11.6. The lowest BCUT2D eigenvalue weighted by Gasteiger charge is -2.10. The average Bonchev–Trinajstić information content (AvgIpc) is 2.59. The lowest BCUT2D eigenvalue weighted by molar-refractivity contribution is -0.123. The van der Waals surface area contributed by atoms with Gasteiger partial charge in [0.2, 0.25) is 0 Å². The predicted octanol–water partition coefficient (Wildman–Crippen LogP) is 3.20. The Bertz CT molecular complexity index is 848. The van der Waals surface area contributed by atoms with Crippen LogP contribution in [0.25, 0.3) is 21.9 Å². The molecule has 1 amide bonds. The molecule has 0 aliphatic heterocycles. The van der Waals surface area contributed by atoms with Crippen molar-refractivity contribution >= 4 is 16.7 Å². The minimum absolute atomic E-state index is 0.0116. The summed E-state index contributed by atoms with van der Waals surface area (Å²) < 4.78 is 5.59. The molecule has 1 aromatic heterocycles. The number of hydrogen-bond donors (Lipinski definition) is 1. The van der Waals surface area contributed by atoms with Crippen molar-refractivity contribution in [1.82, 2.24) is 15.5 Å². The van der Waals surface area contributed by atoms with Crippen molar-refractivity contribution in [3.05, 3.63) is 54.9 Å². The second kappa shape index (κ2) is 7.08. The summed E-state index contributed by atoms with van der Waals surface area (Å²) in [5.74, 6) is 0.549. The number of nitrogens with one attached hydrogen (secondary N) is 1. The van der Waals surface area contributed by atoms with Crippen molar-refractivity contribution in [2.24, 2.45) is 0 Å². The van der Waals surface area contributed by atoms with Gasteiger partial charge in [0.15, 0.2) is 6.61 Å². The average molecular weight is 321 g/mol. The minimum atomic E-state index is -0.123. The third-order valence-electron chi connectivity index (χ3n) is 3.55. The van der Waals surface area contributed by atoms with E-state index < -0.39 is 0 Å². The van der Waals surface area contributed by atoms with Crippen molar-refractivity contribution in [3.8, 4) is 16.9 Å². The Morgan fingerprint density at radius 3 is 2.62 bits per heavy atom. The number of aromatic nitrogens is 2. The number of nitrogens with zero attached hydrogens (tertiary/aromatic N) is 2. The van der Waals surface area contributed by atoms with Crippen LogP contribution in [0.3, 0.4) is 0 Å². The molecule has 0 saturated carbocycles. The van der Waals surface area contributed by atoms with Gasteiger partial charge in [0.05, 0.1) is 12.4 Å². The summed E-state index contributed by atoms with van der Waals surface area (Å²) in [4.78, 5) is 11.7. The maximum Gasteiger partial charge on any atom is 0.258 e. The molecule has 0 fully saturated rings. The fourth-order valence-corrected chi connectivity index (χ4v) is 2.47. The van der Waals surface area contributed by atoms with E-state index in [0.29, 0.717) is 5.75 Å². The summed E-state index contributed by atoms with van der Waals surface area (Å²) in [5, 5.41) is 12.7. The number of amides is 1. The monoisotopic (exact) mass is 321 g/mol. The molecule has 0 unspecified atom stereocenters. The topological polar surface area (TPSA) is 64.1 Å². The van der Waals surface area contributed by atoms with Crippen molar-refractivity contribution in [3.63, 3.8) is 0 Å². The summed E-state index contributed by atoms with van der Waals surface area (Å²) in [7, 11) is 0. The lowest BCUT2D eigenvalue weighted by atomic mass is 10.0. The Hall–Kier alpha value is -2.95. The first kappa shape index (κ1) is 15.9. The van der Waals surface area contributed by atoms with Crippen molar-refractivity contribution in [2.75, 3.05) is 6.61 Å². The van der Waals surface area contributed by atoms with Gasteiger partial charge in [-0.2, -0.15) is 10.2 Å². The molecular formula is C19H19N3O2. The first-order valence-electron chi connectivity index (χ1n) is 7.85. The van der Waals surface area contributed by atoms with Crippen LogP contribution in [0.15, 0.2) is 54.9 Å². The fourth-order valence-electron chi connectivity index (χ4n) is 2.47. The number of benzene rings is 2. The quantitative estimate of drug-likeness (QED) is 0.784. The third-order valence-corrected chi connectivity index (χ3v) is 3.55. The van der Waals surface area contributed by atoms with Crippen LogP contribution in [0.1, 0.15) is 13.8 Å².